The van der Waals surface area contributed by atoms with Gasteiger partial charge in [-0.3, -0.25) is 4.57 Å². The number of aromatic nitrogens is 2. The van der Waals surface area contributed by atoms with E-state index in [4.69, 9.17) is 9.72 Å². The van der Waals surface area contributed by atoms with E-state index in [2.05, 4.69) is 261 Å². The van der Waals surface area contributed by atoms with E-state index in [1.165, 1.54) is 55.4 Å². The Labute approximate surface area is 416 Å². The van der Waals surface area contributed by atoms with Crippen molar-refractivity contribution in [3.05, 3.63) is 203 Å². The van der Waals surface area contributed by atoms with Crippen LogP contribution in [0.5, 0.6) is 11.5 Å². The van der Waals surface area contributed by atoms with Crippen molar-refractivity contribution < 1.29 is 4.74 Å². The summed E-state index contributed by atoms with van der Waals surface area (Å²) in [5, 5.41) is 2.38. The number of fused-ring (bicyclic) bond motifs is 4. The highest BCUT2D eigenvalue weighted by Gasteiger charge is 2.31. The number of benzene rings is 7. The van der Waals surface area contributed by atoms with Gasteiger partial charge in [0.15, 0.2) is 0 Å². The van der Waals surface area contributed by atoms with Crippen molar-refractivity contribution in [1.29, 1.82) is 0 Å². The summed E-state index contributed by atoms with van der Waals surface area (Å²) in [6, 6.07) is 60.3. The monoisotopic (exact) mass is 921 g/mol. The molecule has 1 aliphatic heterocycles. The molecule has 0 spiro atoms. The van der Waals surface area contributed by atoms with Crippen LogP contribution in [0.2, 0.25) is 0 Å². The van der Waals surface area contributed by atoms with Gasteiger partial charge in [0.05, 0.1) is 22.4 Å². The van der Waals surface area contributed by atoms with Crippen LogP contribution in [-0.2, 0) is 16.2 Å². The predicted molar refractivity (Wildman–Crippen MR) is 297 cm³/mol. The molecule has 0 unspecified atom stereocenters. The molecule has 3 heterocycles. The van der Waals surface area contributed by atoms with Crippen LogP contribution < -0.4 is 14.5 Å². The molecule has 0 radical (unpaired) electrons. The summed E-state index contributed by atoms with van der Waals surface area (Å²) in [5.74, 6) is 3.10. The lowest BCUT2D eigenvalue weighted by Crippen LogP contribution is -2.25. The van der Waals surface area contributed by atoms with Crippen LogP contribution in [0.25, 0.3) is 38.8 Å². The van der Waals surface area contributed by atoms with E-state index in [0.29, 0.717) is 18.5 Å². The Morgan fingerprint density at radius 1 is 0.471 bits per heavy atom. The first-order valence-corrected chi connectivity index (χ1v) is 25.2. The first-order chi connectivity index (χ1) is 33.4. The lowest BCUT2D eigenvalue weighted by atomic mass is 9.78. The second-order valence-corrected chi connectivity index (χ2v) is 22.6. The van der Waals surface area contributed by atoms with Crippen molar-refractivity contribution in [3.63, 3.8) is 0 Å². The van der Waals surface area contributed by atoms with Gasteiger partial charge in [-0.1, -0.05) is 162 Å². The van der Waals surface area contributed by atoms with E-state index >= 15 is 0 Å². The molecule has 7 aromatic carbocycles. The molecule has 0 amide bonds. The average Bonchev–Trinajstić information content (AvgIpc) is 3.89. The third-order valence-electron chi connectivity index (χ3n) is 14.7. The number of para-hydroxylation sites is 2. The van der Waals surface area contributed by atoms with Crippen molar-refractivity contribution in [3.8, 4) is 28.4 Å². The van der Waals surface area contributed by atoms with Crippen molar-refractivity contribution >= 4 is 44.6 Å². The maximum atomic E-state index is 7.21. The highest BCUT2D eigenvalue weighted by atomic mass is 16.5. The predicted octanol–water partition coefficient (Wildman–Crippen LogP) is 18.1. The van der Waals surface area contributed by atoms with Gasteiger partial charge >= 0.3 is 0 Å². The van der Waals surface area contributed by atoms with Gasteiger partial charge in [-0.2, -0.15) is 0 Å². The minimum atomic E-state index is -0.172. The van der Waals surface area contributed by atoms with Crippen LogP contribution in [-0.4, -0.2) is 16.2 Å². The first kappa shape index (κ1) is 46.6. The molecule has 0 bridgehead atoms. The lowest BCUT2D eigenvalue weighted by Gasteiger charge is -2.28. The SMILES string of the molecule is CC(C)c1cccc(C(C)C)c1-c1cc(Oc2ccc3c4cc(C(C)(C)C)ccc4n(-c4cc(C(C)(C)C)ccn4)c3c2)cc(N2CN(c3cccc(C(C)(C)c4ccccc4)c3)c3ccccc32)c1. The molecule has 0 N–H and O–H groups in total. The van der Waals surface area contributed by atoms with Gasteiger partial charge in [0, 0.05) is 45.9 Å². The summed E-state index contributed by atoms with van der Waals surface area (Å²) in [7, 11) is 0. The summed E-state index contributed by atoms with van der Waals surface area (Å²) >= 11 is 0. The Bertz CT molecular complexity index is 3370. The zero-order chi connectivity index (χ0) is 49.3. The van der Waals surface area contributed by atoms with E-state index in [-0.39, 0.29) is 16.2 Å². The molecule has 1 aliphatic rings. The van der Waals surface area contributed by atoms with Crippen molar-refractivity contribution in [2.75, 3.05) is 16.5 Å². The molecule has 0 fully saturated rings. The summed E-state index contributed by atoms with van der Waals surface area (Å²) in [5.41, 5.74) is 16.8. The maximum absolute atomic E-state index is 7.21. The van der Waals surface area contributed by atoms with Gasteiger partial charge in [0.25, 0.3) is 0 Å². The van der Waals surface area contributed by atoms with Gasteiger partial charge < -0.3 is 14.5 Å². The first-order valence-electron chi connectivity index (χ1n) is 25.2. The Morgan fingerprint density at radius 3 is 1.77 bits per heavy atom. The third-order valence-corrected chi connectivity index (χ3v) is 14.7. The lowest BCUT2D eigenvalue weighted by molar-refractivity contribution is 0.483. The van der Waals surface area contributed by atoms with Crippen LogP contribution in [0, 0.1) is 0 Å². The van der Waals surface area contributed by atoms with Crippen LogP contribution in [0.4, 0.5) is 22.7 Å². The molecule has 5 nitrogen and oxygen atoms in total. The van der Waals surface area contributed by atoms with Crippen molar-refractivity contribution in [2.45, 2.75) is 111 Å². The van der Waals surface area contributed by atoms with E-state index in [9.17, 15) is 0 Å². The van der Waals surface area contributed by atoms with E-state index in [0.717, 1.165) is 51.0 Å². The van der Waals surface area contributed by atoms with Crippen molar-refractivity contribution in [1.82, 2.24) is 9.55 Å². The van der Waals surface area contributed by atoms with Gasteiger partial charge in [0.1, 0.15) is 24.0 Å². The molecular formula is C65H68N4O. The Morgan fingerprint density at radius 2 is 1.10 bits per heavy atom. The molecular weight excluding hydrogens is 853 g/mol. The molecule has 0 saturated heterocycles. The van der Waals surface area contributed by atoms with Gasteiger partial charge in [0.2, 0.25) is 0 Å². The van der Waals surface area contributed by atoms with Gasteiger partial charge in [-0.25, -0.2) is 4.98 Å². The summed E-state index contributed by atoms with van der Waals surface area (Å²) in [6.45, 7) is 28.1. The normalized spacial score (nSPS) is 13.3. The fraction of sp³-hybridized carbons (Fsp3) is 0.277. The highest BCUT2D eigenvalue weighted by Crippen LogP contribution is 2.48. The smallest absolute Gasteiger partial charge is 0.137 e. The van der Waals surface area contributed by atoms with E-state index < -0.39 is 0 Å². The van der Waals surface area contributed by atoms with Crippen molar-refractivity contribution in [2.24, 2.45) is 0 Å². The summed E-state index contributed by atoms with van der Waals surface area (Å²) in [6.07, 6.45) is 1.95. The standard InChI is InChI=1S/C65H68N4O/c1-42(2)53-24-19-25-54(43(3)4)62(53)44-34-50(68-41-67(58-26-16-17-27-59(58)68)49-23-18-22-48(36-49)65(11,12)45-20-14-13-15-21-45)39-52(35-44)70-51-29-30-55-56-37-46(63(5,6)7)28-31-57(56)69(60(55)40-51)61-38-47(32-33-66-61)64(8,9)10/h13-40,42-43H,41H2,1-12H3. The number of ether oxygens (including phenoxy) is 1. The number of hydrogen-bond acceptors (Lipinski definition) is 4. The Hall–Kier alpha value is -7.11. The average molecular weight is 921 g/mol. The third kappa shape index (κ3) is 8.54. The summed E-state index contributed by atoms with van der Waals surface area (Å²) in [4.78, 5) is 9.92. The Balaban J connectivity index is 1.13. The number of hydrogen-bond donors (Lipinski definition) is 0. The van der Waals surface area contributed by atoms with Crippen LogP contribution in [0.15, 0.2) is 170 Å². The van der Waals surface area contributed by atoms with Gasteiger partial charge in [-0.05, 0) is 140 Å². The molecule has 70 heavy (non-hydrogen) atoms. The van der Waals surface area contributed by atoms with E-state index in [1.807, 2.05) is 6.20 Å². The minimum absolute atomic E-state index is 0.00137. The number of anilines is 4. The number of nitrogens with zero attached hydrogens (tertiary/aromatic N) is 4. The largest absolute Gasteiger partial charge is 0.457 e. The number of rotatable bonds is 10. The molecule has 0 saturated carbocycles. The van der Waals surface area contributed by atoms with Gasteiger partial charge in [-0.15, -0.1) is 0 Å². The Kier molecular flexibility index (Phi) is 11.8. The molecule has 2 aromatic heterocycles. The zero-order valence-corrected chi connectivity index (χ0v) is 43.2. The van der Waals surface area contributed by atoms with Crippen LogP contribution >= 0.6 is 0 Å². The minimum Gasteiger partial charge on any atom is -0.457 e. The molecule has 9 aromatic rings. The molecule has 5 heteroatoms. The quantitative estimate of drug-likeness (QED) is 0.137. The fourth-order valence-electron chi connectivity index (χ4n) is 10.5. The molecule has 0 atom stereocenters. The molecule has 0 aliphatic carbocycles. The molecule has 354 valence electrons. The second kappa shape index (κ2) is 17.7. The maximum Gasteiger partial charge on any atom is 0.137 e. The number of pyridine rings is 1. The molecule has 10 rings (SSSR count). The van der Waals surface area contributed by atoms with Crippen LogP contribution in [0.1, 0.15) is 128 Å². The second-order valence-electron chi connectivity index (χ2n) is 22.6. The topological polar surface area (TPSA) is 33.5 Å². The van der Waals surface area contributed by atoms with E-state index in [1.54, 1.807) is 0 Å². The summed E-state index contributed by atoms with van der Waals surface area (Å²) < 4.78 is 9.53. The highest BCUT2D eigenvalue weighted by molar-refractivity contribution is 6.10. The van der Waals surface area contributed by atoms with Crippen LogP contribution in [0.3, 0.4) is 0 Å². The zero-order valence-electron chi connectivity index (χ0n) is 43.2. The fourth-order valence-corrected chi connectivity index (χ4v) is 10.5.